The quantitative estimate of drug-likeness (QED) is 0.339. The van der Waals surface area contributed by atoms with Gasteiger partial charge in [0.05, 0.1) is 6.04 Å². The van der Waals surface area contributed by atoms with E-state index in [1.54, 1.807) is 4.88 Å². The normalized spacial score (nSPS) is 21.5. The van der Waals surface area contributed by atoms with E-state index >= 15 is 0 Å². The van der Waals surface area contributed by atoms with Gasteiger partial charge >= 0.3 is 0 Å². The van der Waals surface area contributed by atoms with E-state index in [-0.39, 0.29) is 30.0 Å². The minimum Gasteiger partial charge on any atom is -0.355 e. The number of rotatable bonds is 5. The van der Waals surface area contributed by atoms with Crippen LogP contribution in [0.2, 0.25) is 0 Å². The third-order valence-electron chi connectivity index (χ3n) is 6.75. The van der Waals surface area contributed by atoms with Gasteiger partial charge in [0.15, 0.2) is 5.96 Å². The van der Waals surface area contributed by atoms with Crippen molar-refractivity contribution >= 4 is 47.2 Å². The Hall–Kier alpha value is -0.910. The highest BCUT2D eigenvalue weighted by Gasteiger charge is 2.30. The summed E-state index contributed by atoms with van der Waals surface area (Å²) in [6.07, 6.45) is 3.48. The number of halogens is 1. The van der Waals surface area contributed by atoms with Crippen molar-refractivity contribution in [1.82, 2.24) is 24.9 Å². The first kappa shape index (κ1) is 24.7. The minimum atomic E-state index is -0.0127. The molecule has 4 heterocycles. The van der Waals surface area contributed by atoms with E-state index in [9.17, 15) is 4.79 Å². The number of thiophene rings is 1. The highest BCUT2D eigenvalue weighted by molar-refractivity contribution is 14.0. The van der Waals surface area contributed by atoms with Crippen LogP contribution in [0.25, 0.3) is 0 Å². The molecule has 1 unspecified atom stereocenters. The number of amides is 1. The molecule has 31 heavy (non-hydrogen) atoms. The SMILES string of the molecule is CN=C(NCCN1CCc2sccc2C1)N1CCN(C(C)C(=O)N2CCCC2)CC1.I. The van der Waals surface area contributed by atoms with E-state index in [0.29, 0.717) is 5.91 Å². The maximum absolute atomic E-state index is 12.7. The van der Waals surface area contributed by atoms with Crippen LogP contribution in [-0.4, -0.2) is 103 Å². The molecule has 2 saturated heterocycles. The van der Waals surface area contributed by atoms with Crippen molar-refractivity contribution < 1.29 is 4.79 Å². The van der Waals surface area contributed by atoms with Gasteiger partial charge < -0.3 is 15.1 Å². The number of carbonyl (C=O) groups is 1. The molecule has 174 valence electrons. The van der Waals surface area contributed by atoms with E-state index in [1.165, 1.54) is 12.0 Å². The third kappa shape index (κ3) is 6.11. The molecule has 0 radical (unpaired) electrons. The van der Waals surface area contributed by atoms with Crippen LogP contribution in [0.5, 0.6) is 0 Å². The molecule has 4 rings (SSSR count). The predicted molar refractivity (Wildman–Crippen MR) is 138 cm³/mol. The molecule has 0 aliphatic carbocycles. The van der Waals surface area contributed by atoms with Crippen LogP contribution in [0.1, 0.15) is 30.2 Å². The highest BCUT2D eigenvalue weighted by atomic mass is 127. The zero-order chi connectivity index (χ0) is 20.9. The summed E-state index contributed by atoms with van der Waals surface area (Å²) in [6, 6.07) is 2.26. The Bertz CT molecular complexity index is 742. The first-order valence-corrected chi connectivity index (χ1v) is 12.3. The van der Waals surface area contributed by atoms with Gasteiger partial charge in [-0.15, -0.1) is 35.3 Å². The molecule has 1 aromatic heterocycles. The van der Waals surface area contributed by atoms with Gasteiger partial charge in [-0.05, 0) is 43.2 Å². The maximum atomic E-state index is 12.7. The number of guanidine groups is 1. The van der Waals surface area contributed by atoms with Gasteiger partial charge in [0.25, 0.3) is 0 Å². The lowest BCUT2D eigenvalue weighted by atomic mass is 10.1. The summed E-state index contributed by atoms with van der Waals surface area (Å²) in [7, 11) is 1.87. The van der Waals surface area contributed by atoms with Gasteiger partial charge in [0.1, 0.15) is 0 Å². The monoisotopic (exact) mass is 560 g/mol. The molecule has 3 aliphatic rings. The summed E-state index contributed by atoms with van der Waals surface area (Å²) < 4.78 is 0. The predicted octanol–water partition coefficient (Wildman–Crippen LogP) is 1.93. The number of aliphatic imine (C=N–C) groups is 1. The maximum Gasteiger partial charge on any atom is 0.239 e. The van der Waals surface area contributed by atoms with Crippen LogP contribution in [0.15, 0.2) is 16.4 Å². The van der Waals surface area contributed by atoms with Crippen LogP contribution in [-0.2, 0) is 17.8 Å². The van der Waals surface area contributed by atoms with Crippen molar-refractivity contribution in [1.29, 1.82) is 0 Å². The Morgan fingerprint density at radius 3 is 2.58 bits per heavy atom. The first-order valence-electron chi connectivity index (χ1n) is 11.4. The Labute approximate surface area is 207 Å². The van der Waals surface area contributed by atoms with Crippen molar-refractivity contribution in [3.63, 3.8) is 0 Å². The molecule has 1 aromatic rings. The van der Waals surface area contributed by atoms with Gasteiger partial charge in [-0.1, -0.05) is 0 Å². The Kier molecular flexibility index (Phi) is 9.42. The zero-order valence-electron chi connectivity index (χ0n) is 18.9. The molecule has 0 saturated carbocycles. The number of nitrogens with zero attached hydrogens (tertiary/aromatic N) is 5. The van der Waals surface area contributed by atoms with Crippen molar-refractivity contribution in [2.75, 3.05) is 66.0 Å². The summed E-state index contributed by atoms with van der Waals surface area (Å²) in [4.78, 5) is 28.0. The summed E-state index contributed by atoms with van der Waals surface area (Å²) in [5.41, 5.74) is 1.50. The van der Waals surface area contributed by atoms with Crippen LogP contribution >= 0.6 is 35.3 Å². The standard InChI is InChI=1S/C22H36N6OS.HI/c1-18(21(29)27-8-3-4-9-27)26-12-14-28(15-13-26)22(23-2)24-7-11-25-10-5-20-19(17-25)6-16-30-20;/h6,16,18H,3-5,7-15,17H2,1-2H3,(H,23,24);1H. The molecule has 1 atom stereocenters. The molecule has 3 aliphatic heterocycles. The lowest BCUT2D eigenvalue weighted by Crippen LogP contribution is -2.57. The molecule has 9 heteroatoms. The molecule has 7 nitrogen and oxygen atoms in total. The second-order valence-corrected chi connectivity index (χ2v) is 9.60. The number of hydrogen-bond acceptors (Lipinski definition) is 5. The van der Waals surface area contributed by atoms with Gasteiger partial charge in [-0.3, -0.25) is 19.6 Å². The Morgan fingerprint density at radius 1 is 1.13 bits per heavy atom. The van der Waals surface area contributed by atoms with E-state index in [2.05, 4.69) is 43.4 Å². The number of fused-ring (bicyclic) bond motifs is 1. The fourth-order valence-electron chi connectivity index (χ4n) is 4.83. The fourth-order valence-corrected chi connectivity index (χ4v) is 5.72. The summed E-state index contributed by atoms with van der Waals surface area (Å²) in [5, 5.41) is 5.77. The Morgan fingerprint density at radius 2 is 1.87 bits per heavy atom. The van der Waals surface area contributed by atoms with Crippen LogP contribution in [0.3, 0.4) is 0 Å². The van der Waals surface area contributed by atoms with Crippen molar-refractivity contribution in [2.24, 2.45) is 4.99 Å². The third-order valence-corrected chi connectivity index (χ3v) is 7.77. The van der Waals surface area contributed by atoms with Crippen LogP contribution in [0.4, 0.5) is 0 Å². The lowest BCUT2D eigenvalue weighted by Gasteiger charge is -2.39. The van der Waals surface area contributed by atoms with Gasteiger partial charge in [0.2, 0.25) is 5.91 Å². The molecule has 1 amide bonds. The van der Waals surface area contributed by atoms with E-state index in [4.69, 9.17) is 0 Å². The van der Waals surface area contributed by atoms with Crippen molar-refractivity contribution in [3.05, 3.63) is 21.9 Å². The summed E-state index contributed by atoms with van der Waals surface area (Å²) in [5.74, 6) is 1.29. The minimum absolute atomic E-state index is 0. The molecule has 0 aromatic carbocycles. The number of nitrogens with one attached hydrogen (secondary N) is 1. The number of hydrogen-bond donors (Lipinski definition) is 1. The Balaban J connectivity index is 0.00000272. The molecule has 2 fully saturated rings. The first-order chi connectivity index (χ1) is 14.7. The van der Waals surface area contributed by atoms with Crippen LogP contribution in [0, 0.1) is 0 Å². The van der Waals surface area contributed by atoms with E-state index < -0.39 is 0 Å². The zero-order valence-corrected chi connectivity index (χ0v) is 22.0. The fraction of sp³-hybridized carbons (Fsp3) is 0.727. The molecule has 0 bridgehead atoms. The summed E-state index contributed by atoms with van der Waals surface area (Å²) in [6.45, 7) is 11.8. The van der Waals surface area contributed by atoms with Gasteiger partial charge in [-0.25, -0.2) is 0 Å². The molecular formula is C22H37IN6OS. The number of carbonyl (C=O) groups excluding carboxylic acids is 1. The number of piperazine rings is 1. The second kappa shape index (κ2) is 11.8. The number of likely N-dealkylation sites (tertiary alicyclic amines) is 1. The molecule has 1 N–H and O–H groups in total. The van der Waals surface area contributed by atoms with Gasteiger partial charge in [0, 0.05) is 77.4 Å². The van der Waals surface area contributed by atoms with E-state index in [1.807, 2.05) is 23.3 Å². The topological polar surface area (TPSA) is 54.4 Å². The lowest BCUT2D eigenvalue weighted by molar-refractivity contribution is -0.135. The largest absolute Gasteiger partial charge is 0.355 e. The van der Waals surface area contributed by atoms with Gasteiger partial charge in [-0.2, -0.15) is 0 Å². The van der Waals surface area contributed by atoms with Crippen molar-refractivity contribution in [2.45, 2.75) is 38.8 Å². The summed E-state index contributed by atoms with van der Waals surface area (Å²) >= 11 is 1.89. The van der Waals surface area contributed by atoms with E-state index in [0.717, 1.165) is 84.2 Å². The molecular weight excluding hydrogens is 523 g/mol. The smallest absolute Gasteiger partial charge is 0.239 e. The highest BCUT2D eigenvalue weighted by Crippen LogP contribution is 2.23. The average molecular weight is 561 g/mol. The molecule has 0 spiro atoms. The second-order valence-electron chi connectivity index (χ2n) is 8.60. The van der Waals surface area contributed by atoms with Crippen LogP contribution < -0.4 is 5.32 Å². The average Bonchev–Trinajstić information content (AvgIpc) is 3.48. The van der Waals surface area contributed by atoms with Crippen molar-refractivity contribution in [3.8, 4) is 0 Å².